The molecule has 0 N–H and O–H groups in total. The molecule has 2 heteroatoms. The summed E-state index contributed by atoms with van der Waals surface area (Å²) >= 11 is 5.95. The quantitative estimate of drug-likeness (QED) is 0.325. The van der Waals surface area contributed by atoms with Crippen LogP contribution in [0.1, 0.15) is 25.3 Å². The molecule has 0 atom stereocenters. The van der Waals surface area contributed by atoms with Crippen molar-refractivity contribution in [2.75, 3.05) is 0 Å². The van der Waals surface area contributed by atoms with Crippen molar-refractivity contribution in [3.8, 4) is 11.1 Å². The van der Waals surface area contributed by atoms with E-state index in [4.69, 9.17) is 11.6 Å². The van der Waals surface area contributed by atoms with Crippen LogP contribution in [0.4, 0.5) is 4.39 Å². The zero-order valence-electron chi connectivity index (χ0n) is 14.7. The van der Waals surface area contributed by atoms with Gasteiger partial charge in [0.05, 0.1) is 0 Å². The number of rotatable bonds is 4. The second-order valence-corrected chi connectivity index (χ2v) is 7.19. The number of benzene rings is 4. The van der Waals surface area contributed by atoms with Gasteiger partial charge in [0.15, 0.2) is 0 Å². The predicted octanol–water partition coefficient (Wildman–Crippen LogP) is 7.80. The lowest BCUT2D eigenvalue weighted by molar-refractivity contribution is 0.643. The van der Waals surface area contributed by atoms with E-state index >= 15 is 4.39 Å². The van der Waals surface area contributed by atoms with Gasteiger partial charge in [-0.1, -0.05) is 79.5 Å². The van der Waals surface area contributed by atoms with Gasteiger partial charge >= 0.3 is 0 Å². The lowest BCUT2D eigenvalue weighted by Gasteiger charge is -2.10. The van der Waals surface area contributed by atoms with Crippen LogP contribution in [0, 0.1) is 5.82 Å². The van der Waals surface area contributed by atoms with Gasteiger partial charge in [-0.15, -0.1) is 0 Å². The van der Waals surface area contributed by atoms with Crippen LogP contribution in [-0.2, 0) is 6.42 Å². The van der Waals surface area contributed by atoms with E-state index in [2.05, 4.69) is 25.1 Å². The van der Waals surface area contributed by atoms with E-state index in [1.807, 2.05) is 36.4 Å². The Balaban J connectivity index is 1.85. The molecule has 0 saturated carbocycles. The fourth-order valence-electron chi connectivity index (χ4n) is 3.55. The first-order valence-electron chi connectivity index (χ1n) is 9.07. The van der Waals surface area contributed by atoms with E-state index < -0.39 is 0 Å². The normalized spacial score (nSPS) is 11.3. The Morgan fingerprint density at radius 1 is 0.808 bits per heavy atom. The van der Waals surface area contributed by atoms with Crippen LogP contribution in [0.2, 0.25) is 5.02 Å². The van der Waals surface area contributed by atoms with Gasteiger partial charge in [0.1, 0.15) is 5.82 Å². The lowest BCUT2D eigenvalue weighted by Crippen LogP contribution is -1.89. The fourth-order valence-corrected chi connectivity index (χ4v) is 3.67. The smallest absolute Gasteiger partial charge is 0.138 e. The van der Waals surface area contributed by atoms with Gasteiger partial charge in [0.2, 0.25) is 0 Å². The second kappa shape index (κ2) is 7.09. The molecule has 4 aromatic rings. The topological polar surface area (TPSA) is 0 Å². The third-order valence-electron chi connectivity index (χ3n) is 4.99. The highest BCUT2D eigenvalue weighted by molar-refractivity contribution is 6.30. The summed E-state index contributed by atoms with van der Waals surface area (Å²) in [6, 6.07) is 21.6. The number of hydrogen-bond donors (Lipinski definition) is 0. The zero-order valence-corrected chi connectivity index (χ0v) is 15.5. The summed E-state index contributed by atoms with van der Waals surface area (Å²) in [5.74, 6) is -0.179. The molecule has 0 aromatic heterocycles. The summed E-state index contributed by atoms with van der Waals surface area (Å²) in [6.45, 7) is 2.20. The van der Waals surface area contributed by atoms with E-state index in [-0.39, 0.29) is 5.82 Å². The molecule has 0 fully saturated rings. The van der Waals surface area contributed by atoms with E-state index in [1.54, 1.807) is 12.1 Å². The Kier molecular flexibility index (Phi) is 4.65. The Morgan fingerprint density at radius 2 is 1.54 bits per heavy atom. The van der Waals surface area contributed by atoms with Crippen LogP contribution in [0.25, 0.3) is 32.7 Å². The highest BCUT2D eigenvalue weighted by atomic mass is 35.5. The minimum Gasteiger partial charge on any atom is -0.206 e. The molecule has 0 nitrogen and oxygen atoms in total. The van der Waals surface area contributed by atoms with Crippen molar-refractivity contribution in [2.45, 2.75) is 26.2 Å². The van der Waals surface area contributed by atoms with E-state index in [0.29, 0.717) is 16.0 Å². The maximum atomic E-state index is 15.2. The maximum absolute atomic E-state index is 15.2. The first-order chi connectivity index (χ1) is 12.7. The molecular weight excluding hydrogens is 343 g/mol. The Labute approximate surface area is 158 Å². The van der Waals surface area contributed by atoms with E-state index in [9.17, 15) is 0 Å². The molecule has 0 saturated heterocycles. The summed E-state index contributed by atoms with van der Waals surface area (Å²) in [7, 11) is 0. The van der Waals surface area contributed by atoms with Crippen molar-refractivity contribution in [1.82, 2.24) is 0 Å². The van der Waals surface area contributed by atoms with Gasteiger partial charge in [-0.2, -0.15) is 0 Å². The first kappa shape index (κ1) is 17.1. The van der Waals surface area contributed by atoms with Crippen molar-refractivity contribution in [2.24, 2.45) is 0 Å². The lowest BCUT2D eigenvalue weighted by atomic mass is 9.95. The standard InChI is InChI=1S/C24H20ClF/c1-2-3-4-16-5-11-20-18(15-16)8-12-23-22(20)14-13-21(24(23)26)17-6-9-19(25)10-7-17/h5-15H,2-4H2,1H3. The molecule has 26 heavy (non-hydrogen) atoms. The minimum atomic E-state index is -0.179. The Hall–Kier alpha value is -2.38. The SMILES string of the molecule is CCCCc1ccc2c(ccc3c(F)c(-c4ccc(Cl)cc4)ccc32)c1. The van der Waals surface area contributed by atoms with Crippen LogP contribution in [0.15, 0.2) is 66.7 Å². The van der Waals surface area contributed by atoms with Gasteiger partial charge in [-0.25, -0.2) is 4.39 Å². The molecular formula is C24H20ClF. The summed E-state index contributed by atoms with van der Waals surface area (Å²) in [4.78, 5) is 0. The third kappa shape index (κ3) is 3.08. The van der Waals surface area contributed by atoms with Crippen LogP contribution in [-0.4, -0.2) is 0 Å². The molecule has 0 aliphatic heterocycles. The minimum absolute atomic E-state index is 0.179. The number of fused-ring (bicyclic) bond motifs is 3. The molecule has 0 aliphatic rings. The molecule has 130 valence electrons. The molecule has 0 bridgehead atoms. The van der Waals surface area contributed by atoms with Crippen LogP contribution >= 0.6 is 11.6 Å². The number of halogens is 2. The maximum Gasteiger partial charge on any atom is 0.138 e. The van der Waals surface area contributed by atoms with Crippen LogP contribution in [0.5, 0.6) is 0 Å². The monoisotopic (exact) mass is 362 g/mol. The van der Waals surface area contributed by atoms with Crippen molar-refractivity contribution in [1.29, 1.82) is 0 Å². The third-order valence-corrected chi connectivity index (χ3v) is 5.24. The first-order valence-corrected chi connectivity index (χ1v) is 9.45. The van der Waals surface area contributed by atoms with Crippen LogP contribution < -0.4 is 0 Å². The molecule has 0 spiro atoms. The largest absolute Gasteiger partial charge is 0.206 e. The van der Waals surface area contributed by atoms with Gasteiger partial charge < -0.3 is 0 Å². The molecule has 0 amide bonds. The summed E-state index contributed by atoms with van der Waals surface area (Å²) in [5.41, 5.74) is 2.79. The summed E-state index contributed by atoms with van der Waals surface area (Å²) < 4.78 is 15.2. The Bertz CT molecular complexity index is 1080. The summed E-state index contributed by atoms with van der Waals surface area (Å²) in [6.07, 6.45) is 3.47. The van der Waals surface area contributed by atoms with Crippen molar-refractivity contribution in [3.05, 3.63) is 83.1 Å². The molecule has 0 heterocycles. The molecule has 0 unspecified atom stereocenters. The molecule has 4 aromatic carbocycles. The van der Waals surface area contributed by atoms with Gasteiger partial charge in [-0.05, 0) is 52.3 Å². The zero-order chi connectivity index (χ0) is 18.1. The average Bonchev–Trinajstić information content (AvgIpc) is 2.67. The number of unbranched alkanes of at least 4 members (excludes halogenated alkanes) is 1. The highest BCUT2D eigenvalue weighted by Gasteiger charge is 2.11. The summed E-state index contributed by atoms with van der Waals surface area (Å²) in [5, 5.41) is 4.54. The molecule has 0 aliphatic carbocycles. The van der Waals surface area contributed by atoms with Crippen molar-refractivity contribution in [3.63, 3.8) is 0 Å². The fraction of sp³-hybridized carbons (Fsp3) is 0.167. The average molecular weight is 363 g/mol. The van der Waals surface area contributed by atoms with Crippen molar-refractivity contribution >= 4 is 33.1 Å². The highest BCUT2D eigenvalue weighted by Crippen LogP contribution is 2.33. The number of hydrogen-bond acceptors (Lipinski definition) is 0. The van der Waals surface area contributed by atoms with Crippen LogP contribution in [0.3, 0.4) is 0 Å². The predicted molar refractivity (Wildman–Crippen MR) is 110 cm³/mol. The number of aryl methyl sites for hydroxylation is 1. The van der Waals surface area contributed by atoms with E-state index in [1.165, 1.54) is 23.8 Å². The molecule has 0 radical (unpaired) electrons. The second-order valence-electron chi connectivity index (χ2n) is 6.75. The Morgan fingerprint density at radius 3 is 2.31 bits per heavy atom. The molecule has 4 rings (SSSR count). The van der Waals surface area contributed by atoms with Crippen molar-refractivity contribution < 1.29 is 4.39 Å². The van der Waals surface area contributed by atoms with Gasteiger partial charge in [-0.3, -0.25) is 0 Å². The van der Waals surface area contributed by atoms with Gasteiger partial charge in [0.25, 0.3) is 0 Å². The van der Waals surface area contributed by atoms with Gasteiger partial charge in [0, 0.05) is 16.0 Å². The van der Waals surface area contributed by atoms with E-state index in [0.717, 1.165) is 22.8 Å².